The van der Waals surface area contributed by atoms with Gasteiger partial charge in [-0.25, -0.2) is 0 Å². The van der Waals surface area contributed by atoms with Crippen molar-refractivity contribution in [3.05, 3.63) is 65.7 Å². The maximum Gasteiger partial charge on any atom is 0.262 e. The Morgan fingerprint density at radius 2 is 1.46 bits per heavy atom. The van der Waals surface area contributed by atoms with Crippen molar-refractivity contribution in [2.24, 2.45) is 0 Å². The van der Waals surface area contributed by atoms with Crippen LogP contribution in [0.1, 0.15) is 34.6 Å². The fourth-order valence-electron chi connectivity index (χ4n) is 2.97. The molecular weight excluding hydrogens is 304 g/mol. The van der Waals surface area contributed by atoms with Gasteiger partial charge in [-0.15, -0.1) is 0 Å². The summed E-state index contributed by atoms with van der Waals surface area (Å²) in [6.45, 7) is 3.91. The number of likely N-dealkylation sites (N-methyl/N-ethyl adjacent to an activating group) is 1. The van der Waals surface area contributed by atoms with Crippen LogP contribution in [0, 0.1) is 0 Å². The molecule has 0 N–H and O–H groups in total. The first-order valence-corrected chi connectivity index (χ1v) is 7.89. The van der Waals surface area contributed by atoms with E-state index in [-0.39, 0.29) is 5.91 Å². The molecule has 0 saturated carbocycles. The zero-order valence-corrected chi connectivity index (χ0v) is 13.6. The molecule has 0 saturated heterocycles. The number of para-hydroxylation sites is 1. The number of fused-ring (bicyclic) bond motifs is 1. The van der Waals surface area contributed by atoms with Crippen molar-refractivity contribution in [3.63, 3.8) is 0 Å². The molecule has 1 aliphatic heterocycles. The Kier molecular flexibility index (Phi) is 4.16. The Morgan fingerprint density at radius 1 is 0.958 bits per heavy atom. The molecule has 3 rings (SSSR count). The van der Waals surface area contributed by atoms with Crippen LogP contribution in [-0.4, -0.2) is 35.2 Å². The van der Waals surface area contributed by atoms with E-state index < -0.39 is 17.9 Å². The molecule has 5 heteroatoms. The molecule has 0 fully saturated rings. The van der Waals surface area contributed by atoms with Crippen LogP contribution in [0.25, 0.3) is 0 Å². The fraction of sp³-hybridized carbons (Fsp3) is 0.211. The van der Waals surface area contributed by atoms with Crippen molar-refractivity contribution in [2.45, 2.75) is 19.9 Å². The highest BCUT2D eigenvalue weighted by molar-refractivity contribution is 6.23. The molecule has 0 unspecified atom stereocenters. The number of hydrogen-bond donors (Lipinski definition) is 0. The Morgan fingerprint density at radius 3 is 1.96 bits per heavy atom. The zero-order valence-electron chi connectivity index (χ0n) is 13.6. The van der Waals surface area contributed by atoms with Gasteiger partial charge in [-0.3, -0.25) is 19.3 Å². The van der Waals surface area contributed by atoms with E-state index in [1.807, 2.05) is 37.3 Å². The predicted octanol–water partition coefficient (Wildman–Crippen LogP) is 2.72. The highest BCUT2D eigenvalue weighted by Crippen LogP contribution is 2.26. The van der Waals surface area contributed by atoms with Crippen LogP contribution in [0.15, 0.2) is 54.6 Å². The molecule has 0 bridgehead atoms. The third-order valence-corrected chi connectivity index (χ3v) is 4.22. The summed E-state index contributed by atoms with van der Waals surface area (Å²) < 4.78 is 0. The largest absolute Gasteiger partial charge is 0.311 e. The normalized spacial score (nSPS) is 14.5. The van der Waals surface area contributed by atoms with Crippen LogP contribution in [0.5, 0.6) is 0 Å². The minimum absolute atomic E-state index is 0.279. The lowest BCUT2D eigenvalue weighted by Gasteiger charge is -2.28. The van der Waals surface area contributed by atoms with Crippen LogP contribution in [0.2, 0.25) is 0 Å². The number of rotatable bonds is 4. The van der Waals surface area contributed by atoms with Crippen LogP contribution in [0.3, 0.4) is 0 Å². The van der Waals surface area contributed by atoms with Gasteiger partial charge < -0.3 is 4.90 Å². The van der Waals surface area contributed by atoms with E-state index in [9.17, 15) is 14.4 Å². The number of amides is 3. The second-order valence-electron chi connectivity index (χ2n) is 5.62. The van der Waals surface area contributed by atoms with E-state index in [1.165, 1.54) is 0 Å². The van der Waals surface area contributed by atoms with Crippen molar-refractivity contribution >= 4 is 23.4 Å². The lowest BCUT2D eigenvalue weighted by molar-refractivity contribution is -0.121. The summed E-state index contributed by atoms with van der Waals surface area (Å²) in [6.07, 6.45) is 0. The van der Waals surface area contributed by atoms with E-state index in [4.69, 9.17) is 0 Å². The number of nitrogens with zero attached hydrogens (tertiary/aromatic N) is 2. The molecule has 3 amide bonds. The van der Waals surface area contributed by atoms with Crippen LogP contribution in [-0.2, 0) is 4.79 Å². The summed E-state index contributed by atoms with van der Waals surface area (Å²) in [5.74, 6) is -1.11. The van der Waals surface area contributed by atoms with Gasteiger partial charge in [0.2, 0.25) is 5.91 Å². The molecule has 1 heterocycles. The third kappa shape index (κ3) is 2.48. The number of benzene rings is 2. The van der Waals surface area contributed by atoms with E-state index in [0.29, 0.717) is 17.7 Å². The first-order chi connectivity index (χ1) is 11.6. The molecule has 1 atom stereocenters. The summed E-state index contributed by atoms with van der Waals surface area (Å²) in [5, 5.41) is 0. The summed E-state index contributed by atoms with van der Waals surface area (Å²) in [5.41, 5.74) is 1.45. The van der Waals surface area contributed by atoms with Gasteiger partial charge in [-0.1, -0.05) is 30.3 Å². The van der Waals surface area contributed by atoms with Crippen LogP contribution >= 0.6 is 0 Å². The molecule has 122 valence electrons. The van der Waals surface area contributed by atoms with Gasteiger partial charge in [0, 0.05) is 12.2 Å². The van der Waals surface area contributed by atoms with Crippen molar-refractivity contribution in [3.8, 4) is 0 Å². The fourth-order valence-corrected chi connectivity index (χ4v) is 2.97. The van der Waals surface area contributed by atoms with E-state index >= 15 is 0 Å². The quantitative estimate of drug-likeness (QED) is 0.813. The lowest BCUT2D eigenvalue weighted by Crippen LogP contribution is -2.49. The van der Waals surface area contributed by atoms with Gasteiger partial charge in [0.1, 0.15) is 6.04 Å². The van der Waals surface area contributed by atoms with E-state index in [2.05, 4.69) is 0 Å². The van der Waals surface area contributed by atoms with Crippen molar-refractivity contribution in [2.75, 3.05) is 11.4 Å². The smallest absolute Gasteiger partial charge is 0.262 e. The van der Waals surface area contributed by atoms with Gasteiger partial charge in [-0.05, 0) is 38.1 Å². The molecule has 2 aromatic rings. The number of hydrogen-bond acceptors (Lipinski definition) is 3. The average Bonchev–Trinajstić information content (AvgIpc) is 2.87. The van der Waals surface area contributed by atoms with Gasteiger partial charge in [0.25, 0.3) is 11.8 Å². The Balaban J connectivity index is 1.89. The number of imide groups is 1. The van der Waals surface area contributed by atoms with E-state index in [1.54, 1.807) is 36.1 Å². The molecule has 1 aliphatic rings. The highest BCUT2D eigenvalue weighted by atomic mass is 16.2. The maximum atomic E-state index is 12.9. The average molecular weight is 322 g/mol. The van der Waals surface area contributed by atoms with E-state index in [0.717, 1.165) is 10.6 Å². The topological polar surface area (TPSA) is 57.7 Å². The first-order valence-electron chi connectivity index (χ1n) is 7.89. The summed E-state index contributed by atoms with van der Waals surface area (Å²) in [4.78, 5) is 40.6. The minimum Gasteiger partial charge on any atom is -0.311 e. The molecule has 24 heavy (non-hydrogen) atoms. The van der Waals surface area contributed by atoms with Gasteiger partial charge in [0.05, 0.1) is 11.1 Å². The van der Waals surface area contributed by atoms with Gasteiger partial charge in [-0.2, -0.15) is 0 Å². The zero-order chi connectivity index (χ0) is 17.3. The Hall–Kier alpha value is -2.95. The number of anilines is 1. The molecule has 5 nitrogen and oxygen atoms in total. The van der Waals surface area contributed by atoms with Crippen molar-refractivity contribution in [1.29, 1.82) is 0 Å². The predicted molar refractivity (Wildman–Crippen MR) is 90.9 cm³/mol. The Labute approximate surface area is 140 Å². The van der Waals surface area contributed by atoms with Crippen LogP contribution < -0.4 is 4.90 Å². The molecule has 0 radical (unpaired) electrons. The van der Waals surface area contributed by atoms with Crippen molar-refractivity contribution in [1.82, 2.24) is 4.90 Å². The number of carbonyl (C=O) groups is 3. The van der Waals surface area contributed by atoms with Crippen molar-refractivity contribution < 1.29 is 14.4 Å². The lowest BCUT2D eigenvalue weighted by atomic mass is 10.1. The molecule has 0 aromatic heterocycles. The monoisotopic (exact) mass is 322 g/mol. The number of carbonyl (C=O) groups excluding carboxylic acids is 3. The van der Waals surface area contributed by atoms with Gasteiger partial charge in [0.15, 0.2) is 0 Å². The third-order valence-electron chi connectivity index (χ3n) is 4.22. The van der Waals surface area contributed by atoms with Crippen LogP contribution in [0.4, 0.5) is 5.69 Å². The summed E-state index contributed by atoms with van der Waals surface area (Å²) >= 11 is 0. The summed E-state index contributed by atoms with van der Waals surface area (Å²) in [6, 6.07) is 15.0. The second kappa shape index (κ2) is 6.28. The second-order valence-corrected chi connectivity index (χ2v) is 5.62. The highest BCUT2D eigenvalue weighted by Gasteiger charge is 2.41. The molecule has 0 spiro atoms. The Bertz CT molecular complexity index is 766. The SMILES string of the molecule is CCN(C(=O)[C@H](C)N1C(=O)c2ccccc2C1=O)c1ccccc1. The summed E-state index contributed by atoms with van der Waals surface area (Å²) in [7, 11) is 0. The molecular formula is C19H18N2O3. The minimum atomic E-state index is -0.863. The molecule has 0 aliphatic carbocycles. The standard InChI is InChI=1S/C19H18N2O3/c1-3-20(14-9-5-4-6-10-14)17(22)13(2)21-18(23)15-11-7-8-12-16(15)19(21)24/h4-13H,3H2,1-2H3/t13-/m0/s1. The molecule has 2 aromatic carbocycles. The van der Waals surface area contributed by atoms with Gasteiger partial charge >= 0.3 is 0 Å². The first kappa shape index (κ1) is 15.9. The maximum absolute atomic E-state index is 12.9.